The zero-order chi connectivity index (χ0) is 15.4. The van der Waals surface area contributed by atoms with Gasteiger partial charge in [-0.1, -0.05) is 41.9 Å². The molecule has 1 aliphatic rings. The Kier molecular flexibility index (Phi) is 6.92. The minimum absolute atomic E-state index is 0. The predicted molar refractivity (Wildman–Crippen MR) is 104 cm³/mol. The van der Waals surface area contributed by atoms with Crippen LogP contribution in [0.1, 0.15) is 10.9 Å². The molecule has 1 N–H and O–H groups in total. The van der Waals surface area contributed by atoms with Crippen LogP contribution in [0.5, 0.6) is 0 Å². The van der Waals surface area contributed by atoms with Crippen molar-refractivity contribution in [2.24, 2.45) is 0 Å². The first-order chi connectivity index (χ1) is 10.7. The van der Waals surface area contributed by atoms with E-state index >= 15 is 0 Å². The van der Waals surface area contributed by atoms with Crippen LogP contribution in [0.4, 0.5) is 0 Å². The van der Waals surface area contributed by atoms with Gasteiger partial charge in [0.15, 0.2) is 0 Å². The zero-order valence-corrected chi connectivity index (χ0v) is 16.0. The normalized spacial score (nSPS) is 15.9. The number of rotatable bonds is 1. The molecule has 0 amide bonds. The largest absolute Gasteiger partial charge is 0.288 e. The number of benzene rings is 2. The number of hydroxylamine groups is 2. The molecule has 0 fully saturated rings. The summed E-state index contributed by atoms with van der Waals surface area (Å²) in [6.07, 6.45) is 1.67. The molecule has 2 aromatic carbocycles. The number of aromatic nitrogens is 1. The third-order valence-electron chi connectivity index (χ3n) is 3.07. The molecule has 0 spiro atoms. The van der Waals surface area contributed by atoms with Gasteiger partial charge in [-0.25, -0.2) is 5.06 Å². The van der Waals surface area contributed by atoms with Crippen LogP contribution in [0, 0.1) is 0 Å². The van der Waals surface area contributed by atoms with E-state index in [1.165, 1.54) is 16.6 Å². The van der Waals surface area contributed by atoms with Crippen LogP contribution in [-0.4, -0.2) is 14.6 Å². The van der Waals surface area contributed by atoms with E-state index in [0.29, 0.717) is 0 Å². The van der Waals surface area contributed by atoms with Crippen molar-refractivity contribution < 1.29 is 5.21 Å². The van der Waals surface area contributed by atoms with E-state index in [2.05, 4.69) is 4.37 Å². The summed E-state index contributed by atoms with van der Waals surface area (Å²) < 4.78 is 4.14. The number of hydrogen-bond acceptors (Lipinski definition) is 5. The molecular formula is C16H14BrClN2OS2. The monoisotopic (exact) mass is 428 g/mol. The fourth-order valence-electron chi connectivity index (χ4n) is 2.00. The first-order valence-electron chi connectivity index (χ1n) is 6.58. The lowest BCUT2D eigenvalue weighted by molar-refractivity contribution is -0.0493. The maximum atomic E-state index is 9.37. The molecule has 0 bridgehead atoms. The molecule has 0 radical (unpaired) electrons. The molecule has 120 valence electrons. The van der Waals surface area contributed by atoms with Crippen molar-refractivity contribution in [2.75, 3.05) is 0 Å². The van der Waals surface area contributed by atoms with Gasteiger partial charge in [-0.05, 0) is 40.7 Å². The second-order valence-electron chi connectivity index (χ2n) is 4.58. The first-order valence-corrected chi connectivity index (χ1v) is 8.74. The Hall–Kier alpha value is -1.05. The van der Waals surface area contributed by atoms with Gasteiger partial charge < -0.3 is 0 Å². The SMILES string of the molecule is Br.Clc1ccc2nscc2c1.ON1C=CSC1c1ccccc1. The van der Waals surface area contributed by atoms with E-state index in [9.17, 15) is 5.21 Å². The Morgan fingerprint density at radius 1 is 1.13 bits per heavy atom. The maximum absolute atomic E-state index is 9.37. The van der Waals surface area contributed by atoms with E-state index in [1.807, 2.05) is 59.3 Å². The minimum atomic E-state index is 0. The Labute approximate surface area is 158 Å². The zero-order valence-electron chi connectivity index (χ0n) is 11.9. The lowest BCUT2D eigenvalue weighted by atomic mass is 10.2. The summed E-state index contributed by atoms with van der Waals surface area (Å²) in [6, 6.07) is 15.6. The smallest absolute Gasteiger partial charge is 0.130 e. The maximum Gasteiger partial charge on any atom is 0.130 e. The van der Waals surface area contributed by atoms with Crippen LogP contribution in [0.15, 0.2) is 65.5 Å². The summed E-state index contributed by atoms with van der Waals surface area (Å²) in [5.74, 6) is 0. The van der Waals surface area contributed by atoms with Gasteiger partial charge in [0, 0.05) is 22.0 Å². The first kappa shape index (κ1) is 18.3. The molecule has 7 heteroatoms. The van der Waals surface area contributed by atoms with E-state index in [1.54, 1.807) is 18.0 Å². The molecule has 4 rings (SSSR count). The molecule has 1 atom stereocenters. The highest BCUT2D eigenvalue weighted by Crippen LogP contribution is 2.36. The molecule has 1 aliphatic heterocycles. The van der Waals surface area contributed by atoms with Crippen molar-refractivity contribution in [1.29, 1.82) is 0 Å². The van der Waals surface area contributed by atoms with Crippen LogP contribution in [0.3, 0.4) is 0 Å². The third kappa shape index (κ3) is 4.71. The van der Waals surface area contributed by atoms with Gasteiger partial charge in [0.1, 0.15) is 5.37 Å². The summed E-state index contributed by atoms with van der Waals surface area (Å²) in [6.45, 7) is 0. The predicted octanol–water partition coefficient (Wildman–Crippen LogP) is 6.12. The summed E-state index contributed by atoms with van der Waals surface area (Å²) in [7, 11) is 0. The van der Waals surface area contributed by atoms with Gasteiger partial charge in [0.25, 0.3) is 0 Å². The number of halogens is 2. The second-order valence-corrected chi connectivity index (χ2v) is 6.64. The van der Waals surface area contributed by atoms with Crippen LogP contribution >= 0.6 is 51.9 Å². The Morgan fingerprint density at radius 3 is 2.61 bits per heavy atom. The summed E-state index contributed by atoms with van der Waals surface area (Å²) in [5.41, 5.74) is 2.14. The average molecular weight is 430 g/mol. The molecule has 2 heterocycles. The van der Waals surface area contributed by atoms with Crippen molar-refractivity contribution in [3.63, 3.8) is 0 Å². The van der Waals surface area contributed by atoms with Gasteiger partial charge >= 0.3 is 0 Å². The fraction of sp³-hybridized carbons (Fsp3) is 0.0625. The van der Waals surface area contributed by atoms with E-state index < -0.39 is 0 Å². The number of nitrogens with zero attached hydrogens (tertiary/aromatic N) is 2. The van der Waals surface area contributed by atoms with Gasteiger partial charge in [-0.2, -0.15) is 4.37 Å². The van der Waals surface area contributed by atoms with Crippen LogP contribution in [0.25, 0.3) is 10.9 Å². The van der Waals surface area contributed by atoms with E-state index in [4.69, 9.17) is 11.6 Å². The Bertz CT molecular complexity index is 782. The van der Waals surface area contributed by atoms with Crippen molar-refractivity contribution in [2.45, 2.75) is 5.37 Å². The number of hydrogen-bond donors (Lipinski definition) is 1. The Balaban J connectivity index is 0.000000162. The summed E-state index contributed by atoms with van der Waals surface area (Å²) >= 11 is 8.80. The van der Waals surface area contributed by atoms with Crippen LogP contribution in [0.2, 0.25) is 5.02 Å². The van der Waals surface area contributed by atoms with Crippen molar-refractivity contribution in [1.82, 2.24) is 9.44 Å². The highest BCUT2D eigenvalue weighted by Gasteiger charge is 2.19. The molecule has 0 saturated carbocycles. The highest BCUT2D eigenvalue weighted by molar-refractivity contribution is 8.93. The molecule has 3 nitrogen and oxygen atoms in total. The molecule has 0 saturated heterocycles. The highest BCUT2D eigenvalue weighted by atomic mass is 79.9. The lowest BCUT2D eigenvalue weighted by Gasteiger charge is -2.17. The van der Waals surface area contributed by atoms with E-state index in [0.717, 1.165) is 21.5 Å². The summed E-state index contributed by atoms with van der Waals surface area (Å²) in [5, 5.41) is 16.4. The number of thioether (sulfide) groups is 1. The molecule has 1 unspecified atom stereocenters. The quantitative estimate of drug-likeness (QED) is 0.505. The van der Waals surface area contributed by atoms with Gasteiger partial charge in [0.05, 0.1) is 5.52 Å². The lowest BCUT2D eigenvalue weighted by Crippen LogP contribution is -2.12. The molecule has 23 heavy (non-hydrogen) atoms. The fourth-order valence-corrected chi connectivity index (χ4v) is 3.67. The van der Waals surface area contributed by atoms with Crippen molar-refractivity contribution in [3.8, 4) is 0 Å². The standard InChI is InChI=1S/C9H9NOS.C7H4ClNS.BrH/c11-10-6-7-12-9(10)8-4-2-1-3-5-8;8-6-1-2-7-5(3-6)4-10-9-7;/h1-7,9,11H;1-4H;1H. The number of fused-ring (bicyclic) bond motifs is 1. The third-order valence-corrected chi connectivity index (χ3v) is 4.99. The Morgan fingerprint density at radius 2 is 1.91 bits per heavy atom. The van der Waals surface area contributed by atoms with Crippen LogP contribution in [-0.2, 0) is 0 Å². The van der Waals surface area contributed by atoms with Gasteiger partial charge in [-0.3, -0.25) is 5.21 Å². The van der Waals surface area contributed by atoms with Gasteiger partial charge in [0.2, 0.25) is 0 Å². The van der Waals surface area contributed by atoms with Crippen LogP contribution < -0.4 is 0 Å². The average Bonchev–Trinajstić information content (AvgIpc) is 3.17. The molecule has 3 aromatic rings. The minimum Gasteiger partial charge on any atom is -0.288 e. The molecule has 0 aliphatic carbocycles. The molecular weight excluding hydrogens is 416 g/mol. The van der Waals surface area contributed by atoms with Crippen molar-refractivity contribution >= 4 is 62.8 Å². The summed E-state index contributed by atoms with van der Waals surface area (Å²) in [4.78, 5) is 0. The second kappa shape index (κ2) is 8.70. The van der Waals surface area contributed by atoms with Crippen molar-refractivity contribution in [3.05, 3.63) is 76.1 Å². The van der Waals surface area contributed by atoms with Gasteiger partial charge in [-0.15, -0.1) is 28.7 Å². The molecule has 1 aromatic heterocycles. The topological polar surface area (TPSA) is 36.4 Å². The van der Waals surface area contributed by atoms with E-state index in [-0.39, 0.29) is 22.4 Å².